The second kappa shape index (κ2) is 31.0. The van der Waals surface area contributed by atoms with E-state index in [4.69, 9.17) is 9.15 Å². The van der Waals surface area contributed by atoms with Crippen LogP contribution in [0, 0.1) is 0 Å². The summed E-state index contributed by atoms with van der Waals surface area (Å²) in [4.78, 5) is 0. The van der Waals surface area contributed by atoms with Gasteiger partial charge in [-0.1, -0.05) is 224 Å². The average Bonchev–Trinajstić information content (AvgIpc) is 3.81. The molecule has 4 heteroatoms. The molecule has 1 aliphatic rings. The van der Waals surface area contributed by atoms with E-state index >= 15 is 0 Å². The summed E-state index contributed by atoms with van der Waals surface area (Å²) in [5.74, 6) is 2.55. The number of allylic oxidation sites excluding steroid dienone is 2. The number of oxazole rings is 1. The van der Waals surface area contributed by atoms with Gasteiger partial charge in [0.2, 0.25) is 5.58 Å². The number of ether oxygens (including phenoxy) is 1. The molecule has 1 N–H and O–H groups in total. The van der Waals surface area contributed by atoms with Crippen LogP contribution in [0.15, 0.2) is 64.9 Å². The number of nitrogens with zero attached hydrogens (tertiary/aromatic N) is 1. The largest absolute Gasteiger partial charge is 0.439 e. The lowest BCUT2D eigenvalue weighted by molar-refractivity contribution is -0.678. The van der Waals surface area contributed by atoms with Crippen LogP contribution in [-0.4, -0.2) is 0 Å². The first kappa shape index (κ1) is 46.7. The van der Waals surface area contributed by atoms with Crippen molar-refractivity contribution in [2.75, 3.05) is 5.32 Å². The van der Waals surface area contributed by atoms with Crippen molar-refractivity contribution in [2.24, 2.45) is 0 Å². The molecule has 57 heavy (non-hydrogen) atoms. The number of anilines is 1. The Morgan fingerprint density at radius 3 is 1.49 bits per heavy atom. The summed E-state index contributed by atoms with van der Waals surface area (Å²) in [7, 11) is 0. The molecule has 0 unspecified atom stereocenters. The smallest absolute Gasteiger partial charge is 0.374 e. The van der Waals surface area contributed by atoms with Crippen LogP contribution in [0.25, 0.3) is 17.2 Å². The number of aryl methyl sites for hydroxylation is 2. The van der Waals surface area contributed by atoms with Crippen LogP contribution in [0.3, 0.4) is 0 Å². The van der Waals surface area contributed by atoms with E-state index in [1.165, 1.54) is 217 Å². The minimum atomic E-state index is 0.747. The third kappa shape index (κ3) is 19.5. The van der Waals surface area contributed by atoms with E-state index in [1.807, 2.05) is 30.3 Å². The molecule has 0 aliphatic carbocycles. The molecule has 1 aliphatic heterocycles. The molecular formula is C53H85N2O2+. The minimum Gasteiger partial charge on any atom is -0.439 e. The van der Waals surface area contributed by atoms with Gasteiger partial charge in [-0.2, -0.15) is 4.57 Å². The van der Waals surface area contributed by atoms with Crippen molar-refractivity contribution >= 4 is 22.9 Å². The lowest BCUT2D eigenvalue weighted by Crippen LogP contribution is -2.36. The van der Waals surface area contributed by atoms with Gasteiger partial charge in [-0.15, -0.1) is 0 Å². The number of hydrogen-bond donors (Lipinski definition) is 1. The lowest BCUT2D eigenvalue weighted by Gasteiger charge is -2.05. The highest BCUT2D eigenvalue weighted by Crippen LogP contribution is 2.32. The van der Waals surface area contributed by atoms with Gasteiger partial charge in [-0.05, 0) is 49.6 Å². The normalized spacial score (nSPS) is 13.3. The fourth-order valence-electron chi connectivity index (χ4n) is 8.69. The summed E-state index contributed by atoms with van der Waals surface area (Å²) in [5.41, 5.74) is 4.76. The van der Waals surface area contributed by atoms with Gasteiger partial charge in [0.05, 0.1) is 11.8 Å². The van der Waals surface area contributed by atoms with E-state index in [1.54, 1.807) is 0 Å². The number of rotatable bonds is 36. The highest BCUT2D eigenvalue weighted by molar-refractivity contribution is 5.74. The van der Waals surface area contributed by atoms with Crippen LogP contribution >= 0.6 is 0 Å². The fraction of sp³-hybridized carbons (Fsp3) is 0.679. The third-order valence-corrected chi connectivity index (χ3v) is 12.2. The van der Waals surface area contributed by atoms with Gasteiger partial charge in [0.25, 0.3) is 5.52 Å². The Morgan fingerprint density at radius 2 is 0.982 bits per heavy atom. The molecule has 1 aromatic heterocycles. The van der Waals surface area contributed by atoms with Gasteiger partial charge >= 0.3 is 5.89 Å². The summed E-state index contributed by atoms with van der Waals surface area (Å²) in [5, 5.41) is 3.37. The van der Waals surface area contributed by atoms with Gasteiger partial charge in [0.1, 0.15) is 0 Å². The Labute approximate surface area is 350 Å². The van der Waals surface area contributed by atoms with E-state index in [-0.39, 0.29) is 0 Å². The second-order valence-electron chi connectivity index (χ2n) is 17.3. The molecule has 2 aromatic carbocycles. The summed E-state index contributed by atoms with van der Waals surface area (Å²) < 4.78 is 15.0. The Bertz CT molecular complexity index is 1470. The molecule has 4 rings (SSSR count). The molecular weight excluding hydrogens is 697 g/mol. The molecule has 318 valence electrons. The Balaban J connectivity index is 1.17. The van der Waals surface area contributed by atoms with Crippen molar-refractivity contribution in [1.29, 1.82) is 0 Å². The first-order valence-corrected chi connectivity index (χ1v) is 24.7. The first-order valence-electron chi connectivity index (χ1n) is 24.7. The Hall–Kier alpha value is -3.01. The van der Waals surface area contributed by atoms with Crippen molar-refractivity contribution in [1.82, 2.24) is 0 Å². The highest BCUT2D eigenvalue weighted by Gasteiger charge is 2.23. The monoisotopic (exact) mass is 782 g/mol. The van der Waals surface area contributed by atoms with Crippen molar-refractivity contribution in [3.8, 4) is 5.75 Å². The molecule has 0 saturated heterocycles. The predicted molar refractivity (Wildman–Crippen MR) is 247 cm³/mol. The molecule has 0 saturated carbocycles. The predicted octanol–water partition coefficient (Wildman–Crippen LogP) is 17.1. The van der Waals surface area contributed by atoms with E-state index in [0.29, 0.717) is 0 Å². The molecule has 0 radical (unpaired) electrons. The maximum atomic E-state index is 6.56. The number of nitrogens with one attached hydrogen (secondary N) is 1. The van der Waals surface area contributed by atoms with E-state index in [0.717, 1.165) is 41.8 Å². The van der Waals surface area contributed by atoms with Crippen molar-refractivity contribution in [3.05, 3.63) is 72.0 Å². The second-order valence-corrected chi connectivity index (χ2v) is 17.3. The maximum absolute atomic E-state index is 6.56. The van der Waals surface area contributed by atoms with Crippen molar-refractivity contribution in [3.63, 3.8) is 0 Å². The standard InChI is InChI=1S/C53H84N2O2/c1-3-5-7-9-11-13-15-17-19-21-23-25-27-29-31-33-39-47-40-37-43-50-53(47)55(52(57-50)45-38-44-51-54-48-41-34-35-42-49(48)56-51)46-36-32-30-28-26-24-22-20-18-16-14-12-10-8-6-4-2/h34-35,37-38,40-45H,3-33,36,39,46H2,1-2H3/p+1. The highest BCUT2D eigenvalue weighted by atomic mass is 16.5. The zero-order chi connectivity index (χ0) is 39.9. The van der Waals surface area contributed by atoms with Crippen LogP contribution in [0.2, 0.25) is 0 Å². The number of unbranched alkanes of at least 4 members (excludes halogenated alkanes) is 30. The van der Waals surface area contributed by atoms with E-state index in [2.05, 4.69) is 54.1 Å². The fourth-order valence-corrected chi connectivity index (χ4v) is 8.69. The van der Waals surface area contributed by atoms with Gasteiger partial charge in [-0.3, -0.25) is 0 Å². The summed E-state index contributed by atoms with van der Waals surface area (Å²) in [6.07, 6.45) is 52.1. The number of hydrogen-bond acceptors (Lipinski definition) is 3. The van der Waals surface area contributed by atoms with Crippen LogP contribution < -0.4 is 14.6 Å². The van der Waals surface area contributed by atoms with Crippen molar-refractivity contribution < 1.29 is 13.7 Å². The molecule has 0 amide bonds. The zero-order valence-electron chi connectivity index (χ0n) is 37.1. The van der Waals surface area contributed by atoms with Gasteiger partial charge in [0, 0.05) is 12.0 Å². The third-order valence-electron chi connectivity index (χ3n) is 12.2. The quantitative estimate of drug-likeness (QED) is 0.0472. The summed E-state index contributed by atoms with van der Waals surface area (Å²) >= 11 is 0. The number of benzene rings is 2. The maximum Gasteiger partial charge on any atom is 0.374 e. The van der Waals surface area contributed by atoms with Crippen LogP contribution in [0.4, 0.5) is 5.69 Å². The molecule has 3 aromatic rings. The van der Waals surface area contributed by atoms with Gasteiger partial charge in [0.15, 0.2) is 18.2 Å². The Morgan fingerprint density at radius 1 is 0.509 bits per heavy atom. The SMILES string of the molecule is CCCCCCCCCCCCCCCCCCc1cccc2oc(C=CC=C3Nc4ccccc4O3)[n+](CCCCCCCCCCCCCCCCCC)c12. The lowest BCUT2D eigenvalue weighted by atomic mass is 10.0. The first-order chi connectivity index (χ1) is 28.3. The van der Waals surface area contributed by atoms with Crippen LogP contribution in [-0.2, 0) is 13.0 Å². The van der Waals surface area contributed by atoms with Crippen LogP contribution in [0.1, 0.15) is 231 Å². The molecule has 2 heterocycles. The number of para-hydroxylation sites is 3. The van der Waals surface area contributed by atoms with Gasteiger partial charge < -0.3 is 14.5 Å². The van der Waals surface area contributed by atoms with E-state index < -0.39 is 0 Å². The number of aromatic nitrogens is 1. The molecule has 0 bridgehead atoms. The molecule has 0 fully saturated rings. The van der Waals surface area contributed by atoms with E-state index in [9.17, 15) is 0 Å². The molecule has 0 atom stereocenters. The minimum absolute atomic E-state index is 0.747. The molecule has 4 nitrogen and oxygen atoms in total. The zero-order valence-corrected chi connectivity index (χ0v) is 37.1. The summed E-state index contributed by atoms with van der Waals surface area (Å²) in [6, 6.07) is 14.8. The topological polar surface area (TPSA) is 38.3 Å². The van der Waals surface area contributed by atoms with Crippen LogP contribution in [0.5, 0.6) is 5.75 Å². The Kier molecular flexibility index (Phi) is 25.4. The molecule has 0 spiro atoms. The summed E-state index contributed by atoms with van der Waals surface area (Å²) in [6.45, 7) is 5.61. The average molecular weight is 782 g/mol. The van der Waals surface area contributed by atoms with Gasteiger partial charge in [-0.25, -0.2) is 0 Å². The number of fused-ring (bicyclic) bond motifs is 2. The van der Waals surface area contributed by atoms with Crippen molar-refractivity contribution in [2.45, 2.75) is 232 Å².